The van der Waals surface area contributed by atoms with E-state index in [4.69, 9.17) is 27.1 Å². The molecule has 9 heteroatoms. The Hall–Kier alpha value is 0.260. The number of nitrogens with zero attached hydrogens (tertiary/aromatic N) is 1. The first-order valence-electron chi connectivity index (χ1n) is 16.2. The number of rotatable bonds is 11. The molecule has 5 saturated carbocycles. The van der Waals surface area contributed by atoms with Gasteiger partial charge in [0.1, 0.15) is 0 Å². The van der Waals surface area contributed by atoms with Crippen LogP contribution < -0.4 is 0 Å². The van der Waals surface area contributed by atoms with Gasteiger partial charge >= 0.3 is 15.5 Å². The van der Waals surface area contributed by atoms with Crippen LogP contribution in [0.4, 0.5) is 0 Å². The molecule has 0 saturated heterocycles. The Labute approximate surface area is 238 Å². The van der Waals surface area contributed by atoms with Gasteiger partial charge in [0.25, 0.3) is 0 Å². The molecule has 0 aromatic carbocycles. The van der Waals surface area contributed by atoms with Gasteiger partial charge in [-0.05, 0) is 119 Å². The molecule has 0 N–H and O–H groups in total. The van der Waals surface area contributed by atoms with Crippen molar-refractivity contribution < 1.29 is 27.2 Å². The van der Waals surface area contributed by atoms with E-state index in [0.717, 1.165) is 96.3 Å². The monoisotopic (exact) mass is 587 g/mol. The molecule has 0 heterocycles. The largest absolute Gasteiger partial charge is 0.458 e. The Morgan fingerprint density at radius 3 is 1.26 bits per heavy atom. The molecule has 5 rings (SSSR count). The maximum absolute atomic E-state index is 14.9. The average molecular weight is 588 g/mol. The first kappa shape index (κ1) is 30.7. The minimum absolute atomic E-state index is 0.000857. The fourth-order valence-corrected chi connectivity index (χ4v) is 12.6. The fraction of sp³-hybridized carbons (Fsp3) is 1.00. The minimum Gasteiger partial charge on any atom is -0.299 e. The molecule has 0 aromatic rings. The lowest BCUT2D eigenvalue weighted by molar-refractivity contribution is 0.0467. The van der Waals surface area contributed by atoms with Gasteiger partial charge < -0.3 is 0 Å². The highest BCUT2D eigenvalue weighted by atomic mass is 31.2. The number of hydrogen-bond acceptors (Lipinski definition) is 6. The number of hydrogen-bond donors (Lipinski definition) is 0. The molecule has 10 unspecified atom stereocenters. The van der Waals surface area contributed by atoms with Crippen molar-refractivity contribution in [3.63, 3.8) is 0 Å². The van der Waals surface area contributed by atoms with Gasteiger partial charge in [0.15, 0.2) is 0 Å². The molecule has 226 valence electrons. The molecule has 0 bridgehead atoms. The molecule has 0 aliphatic heterocycles. The van der Waals surface area contributed by atoms with E-state index < -0.39 is 15.5 Å². The highest BCUT2D eigenvalue weighted by Crippen LogP contribution is 2.70. The van der Waals surface area contributed by atoms with Gasteiger partial charge in [-0.1, -0.05) is 41.0 Å². The molecule has 5 aliphatic rings. The zero-order chi connectivity index (χ0) is 27.6. The lowest BCUT2D eigenvalue weighted by atomic mass is 10.1. The first-order valence-corrected chi connectivity index (χ1v) is 19.2. The molecule has 39 heavy (non-hydrogen) atoms. The topological polar surface area (TPSA) is 75.6 Å². The predicted molar refractivity (Wildman–Crippen MR) is 156 cm³/mol. The van der Waals surface area contributed by atoms with Crippen molar-refractivity contribution in [3.8, 4) is 0 Å². The Kier molecular flexibility index (Phi) is 10.5. The van der Waals surface area contributed by atoms with Crippen LogP contribution in [-0.4, -0.2) is 30.5 Å². The lowest BCUT2D eigenvalue weighted by Gasteiger charge is -2.34. The van der Waals surface area contributed by atoms with Crippen LogP contribution in [0.3, 0.4) is 0 Å². The summed E-state index contributed by atoms with van der Waals surface area (Å²) in [7, 11) is -7.30. The van der Waals surface area contributed by atoms with E-state index in [1.807, 2.05) is 0 Å². The summed E-state index contributed by atoms with van der Waals surface area (Å²) in [4.78, 5) is 0. The third-order valence-corrected chi connectivity index (χ3v) is 14.5. The second-order valence-electron chi connectivity index (χ2n) is 14.2. The third-order valence-electron chi connectivity index (χ3n) is 9.99. The van der Waals surface area contributed by atoms with Crippen LogP contribution in [0.1, 0.15) is 131 Å². The van der Waals surface area contributed by atoms with Gasteiger partial charge in [0.2, 0.25) is 0 Å². The molecule has 7 nitrogen and oxygen atoms in total. The zero-order valence-electron chi connectivity index (χ0n) is 25.2. The van der Waals surface area contributed by atoms with E-state index in [2.05, 4.69) is 34.6 Å². The summed E-state index contributed by atoms with van der Waals surface area (Å²) >= 11 is 0. The van der Waals surface area contributed by atoms with Gasteiger partial charge in [-0.25, -0.2) is 4.57 Å². The van der Waals surface area contributed by atoms with E-state index in [-0.39, 0.29) is 30.5 Å². The summed E-state index contributed by atoms with van der Waals surface area (Å²) in [6, 6.07) is 0. The van der Waals surface area contributed by atoms with Crippen LogP contribution in [0.2, 0.25) is 0 Å². The molecule has 5 aliphatic carbocycles. The summed E-state index contributed by atoms with van der Waals surface area (Å²) in [6.45, 7) is 11.3. The predicted octanol–water partition coefficient (Wildman–Crippen LogP) is 10.1. The van der Waals surface area contributed by atoms with Gasteiger partial charge in [-0.3, -0.25) is 22.6 Å². The molecule has 5 fully saturated rings. The maximum Gasteiger partial charge on any atom is 0.458 e. The maximum atomic E-state index is 14.9. The van der Waals surface area contributed by atoms with Crippen molar-refractivity contribution in [3.05, 3.63) is 0 Å². The summed E-state index contributed by atoms with van der Waals surface area (Å²) in [5, 5.41) is 0. The molecule has 0 amide bonds. The summed E-state index contributed by atoms with van der Waals surface area (Å²) < 4.78 is 53.6. The highest BCUT2D eigenvalue weighted by Gasteiger charge is 2.46. The Morgan fingerprint density at radius 2 is 0.923 bits per heavy atom. The van der Waals surface area contributed by atoms with Crippen LogP contribution in [0.5, 0.6) is 0 Å². The van der Waals surface area contributed by atoms with Crippen molar-refractivity contribution in [1.82, 2.24) is 0 Å². The molecule has 0 radical (unpaired) electrons. The summed E-state index contributed by atoms with van der Waals surface area (Å²) in [5.74, 6) is 2.68. The van der Waals surface area contributed by atoms with Crippen LogP contribution in [0.15, 0.2) is 4.52 Å². The zero-order valence-corrected chi connectivity index (χ0v) is 27.0. The second-order valence-corrected chi connectivity index (χ2v) is 17.8. The molecule has 0 spiro atoms. The fourth-order valence-electron chi connectivity index (χ4n) is 7.53. The van der Waals surface area contributed by atoms with E-state index in [1.165, 1.54) is 0 Å². The van der Waals surface area contributed by atoms with E-state index in [1.54, 1.807) is 0 Å². The van der Waals surface area contributed by atoms with Crippen molar-refractivity contribution in [2.24, 2.45) is 34.1 Å². The van der Waals surface area contributed by atoms with Gasteiger partial charge in [-0.2, -0.15) is 0 Å². The van der Waals surface area contributed by atoms with Crippen molar-refractivity contribution >= 4 is 15.5 Å². The quantitative estimate of drug-likeness (QED) is 0.224. The average Bonchev–Trinajstić information content (AvgIpc) is 3.68. The smallest absolute Gasteiger partial charge is 0.299 e. The van der Waals surface area contributed by atoms with Gasteiger partial charge in [0, 0.05) is 0 Å². The summed E-state index contributed by atoms with van der Waals surface area (Å²) in [6.07, 6.45) is 14.7. The molecular weight excluding hydrogens is 532 g/mol. The SMILES string of the molecule is CC1CCC(OP(=O)(N=P(OC2CCC(C)C2)(OC2CCC(C)C2)OC2CCCC2C)OC2CCC(C)C2)C1. The third kappa shape index (κ3) is 8.43. The highest BCUT2D eigenvalue weighted by molar-refractivity contribution is 7.63. The molecular formula is C30H55NO6P2. The summed E-state index contributed by atoms with van der Waals surface area (Å²) in [5.41, 5.74) is 0. The normalized spacial score (nSPS) is 44.0. The standard InChI is InChI=1S/C30H55NO6P2/c1-21-9-13-26(17-21)33-38(32,34-27-14-10-22(2)18-27)31-39(35-28-15-11-23(3)19-28,36-29-16-12-24(4)20-29)37-30-8-6-7-25(30)5/h21-30H,6-20H2,1-5H3. The van der Waals surface area contributed by atoms with Crippen molar-refractivity contribution in [2.45, 2.75) is 161 Å². The van der Waals surface area contributed by atoms with Crippen LogP contribution in [0.25, 0.3) is 0 Å². The van der Waals surface area contributed by atoms with E-state index in [9.17, 15) is 4.57 Å². The lowest BCUT2D eigenvalue weighted by Crippen LogP contribution is -2.21. The van der Waals surface area contributed by atoms with Crippen molar-refractivity contribution in [2.75, 3.05) is 0 Å². The molecule has 0 aromatic heterocycles. The minimum atomic E-state index is -3.91. The van der Waals surface area contributed by atoms with Gasteiger partial charge in [-0.15, -0.1) is 4.52 Å². The van der Waals surface area contributed by atoms with Crippen LogP contribution in [0, 0.1) is 29.6 Å². The Balaban J connectivity index is 1.52. The Morgan fingerprint density at radius 1 is 0.513 bits per heavy atom. The van der Waals surface area contributed by atoms with Crippen molar-refractivity contribution in [1.29, 1.82) is 0 Å². The Bertz CT molecular complexity index is 864. The molecule has 10 atom stereocenters. The van der Waals surface area contributed by atoms with Crippen LogP contribution in [-0.2, 0) is 27.2 Å². The first-order chi connectivity index (χ1) is 18.6. The van der Waals surface area contributed by atoms with E-state index in [0.29, 0.717) is 29.6 Å². The van der Waals surface area contributed by atoms with E-state index >= 15 is 0 Å². The van der Waals surface area contributed by atoms with Gasteiger partial charge in [0.05, 0.1) is 30.5 Å². The second kappa shape index (κ2) is 13.3. The van der Waals surface area contributed by atoms with Crippen LogP contribution >= 0.6 is 15.5 Å².